The standard InChI is InChI=1S/C14H7F3N6O/c15-14(16,17)8-1-4-11(20-6-8)12-22-23-13(24-12)21-10-3-2-9(5-18)19-7-10/h1-4,6-7H,(H,21,23). The van der Waals surface area contributed by atoms with Crippen LogP contribution >= 0.6 is 0 Å². The van der Waals surface area contributed by atoms with Crippen molar-refractivity contribution in [3.8, 4) is 17.7 Å². The van der Waals surface area contributed by atoms with Gasteiger partial charge in [-0.1, -0.05) is 5.10 Å². The summed E-state index contributed by atoms with van der Waals surface area (Å²) in [5, 5.41) is 18.9. The molecule has 0 atom stereocenters. The van der Waals surface area contributed by atoms with E-state index in [1.807, 2.05) is 6.07 Å². The Kier molecular flexibility index (Phi) is 3.83. The van der Waals surface area contributed by atoms with Crippen LogP contribution in [0.1, 0.15) is 11.3 Å². The van der Waals surface area contributed by atoms with Gasteiger partial charge in [0.15, 0.2) is 0 Å². The van der Waals surface area contributed by atoms with Gasteiger partial charge >= 0.3 is 12.2 Å². The van der Waals surface area contributed by atoms with Crippen molar-refractivity contribution >= 4 is 11.7 Å². The normalized spacial score (nSPS) is 11.1. The highest BCUT2D eigenvalue weighted by Gasteiger charge is 2.30. The van der Waals surface area contributed by atoms with E-state index >= 15 is 0 Å². The van der Waals surface area contributed by atoms with Crippen LogP contribution in [0.4, 0.5) is 24.9 Å². The minimum atomic E-state index is -4.46. The van der Waals surface area contributed by atoms with Gasteiger partial charge in [0.25, 0.3) is 5.89 Å². The number of nitrogens with zero attached hydrogens (tertiary/aromatic N) is 5. The van der Waals surface area contributed by atoms with E-state index in [-0.39, 0.29) is 23.3 Å². The molecule has 3 aromatic rings. The van der Waals surface area contributed by atoms with Crippen LogP contribution in [-0.2, 0) is 6.18 Å². The second-order valence-corrected chi connectivity index (χ2v) is 4.51. The fourth-order valence-corrected chi connectivity index (χ4v) is 1.72. The van der Waals surface area contributed by atoms with Crippen molar-refractivity contribution < 1.29 is 17.6 Å². The molecular formula is C14H7F3N6O. The first-order valence-corrected chi connectivity index (χ1v) is 6.46. The third-order valence-corrected chi connectivity index (χ3v) is 2.86. The van der Waals surface area contributed by atoms with Gasteiger partial charge in [0.05, 0.1) is 17.4 Å². The van der Waals surface area contributed by atoms with Gasteiger partial charge in [0, 0.05) is 6.20 Å². The lowest BCUT2D eigenvalue weighted by molar-refractivity contribution is -0.137. The lowest BCUT2D eigenvalue weighted by atomic mass is 10.2. The molecule has 3 heterocycles. The van der Waals surface area contributed by atoms with Crippen molar-refractivity contribution in [1.29, 1.82) is 5.26 Å². The molecule has 0 aliphatic rings. The number of anilines is 2. The highest BCUT2D eigenvalue weighted by atomic mass is 19.4. The molecule has 0 amide bonds. The van der Waals surface area contributed by atoms with Gasteiger partial charge in [0.1, 0.15) is 17.5 Å². The molecule has 0 saturated carbocycles. The van der Waals surface area contributed by atoms with E-state index in [1.54, 1.807) is 6.07 Å². The largest absolute Gasteiger partial charge is 0.417 e. The summed E-state index contributed by atoms with van der Waals surface area (Å²) in [7, 11) is 0. The SMILES string of the molecule is N#Cc1ccc(Nc2nnc(-c3ccc(C(F)(F)F)cn3)o2)cn1. The van der Waals surface area contributed by atoms with E-state index in [9.17, 15) is 13.2 Å². The Morgan fingerprint density at radius 3 is 2.46 bits per heavy atom. The number of aromatic nitrogens is 4. The molecule has 24 heavy (non-hydrogen) atoms. The van der Waals surface area contributed by atoms with E-state index in [0.717, 1.165) is 12.1 Å². The van der Waals surface area contributed by atoms with Crippen LogP contribution in [0.2, 0.25) is 0 Å². The van der Waals surface area contributed by atoms with E-state index in [0.29, 0.717) is 11.9 Å². The Balaban J connectivity index is 1.76. The van der Waals surface area contributed by atoms with Gasteiger partial charge in [-0.2, -0.15) is 18.4 Å². The molecule has 7 nitrogen and oxygen atoms in total. The Morgan fingerprint density at radius 1 is 1.04 bits per heavy atom. The Bertz CT molecular complexity index is 881. The first kappa shape index (κ1) is 15.4. The zero-order valence-corrected chi connectivity index (χ0v) is 11.7. The Morgan fingerprint density at radius 2 is 1.88 bits per heavy atom. The van der Waals surface area contributed by atoms with Crippen molar-refractivity contribution in [2.24, 2.45) is 0 Å². The number of nitriles is 1. The van der Waals surface area contributed by atoms with E-state index < -0.39 is 11.7 Å². The van der Waals surface area contributed by atoms with Gasteiger partial charge in [-0.25, -0.2) is 4.98 Å². The van der Waals surface area contributed by atoms with Gasteiger partial charge in [-0.3, -0.25) is 4.98 Å². The highest BCUT2D eigenvalue weighted by molar-refractivity contribution is 5.53. The number of halogens is 3. The first-order chi connectivity index (χ1) is 11.5. The first-order valence-electron chi connectivity index (χ1n) is 6.46. The molecule has 0 aromatic carbocycles. The van der Waals surface area contributed by atoms with Crippen LogP contribution in [0.25, 0.3) is 11.6 Å². The number of hydrogen-bond acceptors (Lipinski definition) is 7. The molecule has 1 N–H and O–H groups in total. The number of rotatable bonds is 3. The molecule has 0 aliphatic carbocycles. The number of nitrogens with one attached hydrogen (secondary N) is 1. The Labute approximate surface area is 132 Å². The molecule has 3 rings (SSSR count). The second-order valence-electron chi connectivity index (χ2n) is 4.51. The molecule has 3 aromatic heterocycles. The lowest BCUT2D eigenvalue weighted by Gasteiger charge is -2.05. The van der Waals surface area contributed by atoms with Gasteiger partial charge in [-0.05, 0) is 24.3 Å². The summed E-state index contributed by atoms with van der Waals surface area (Å²) in [5.41, 5.74) is -0.000393. The average Bonchev–Trinajstić information content (AvgIpc) is 3.03. The summed E-state index contributed by atoms with van der Waals surface area (Å²) < 4.78 is 42.8. The van der Waals surface area contributed by atoms with E-state index in [2.05, 4.69) is 25.5 Å². The molecule has 0 aliphatic heterocycles. The minimum absolute atomic E-state index is 0.0122. The van der Waals surface area contributed by atoms with Gasteiger partial charge < -0.3 is 9.73 Å². The summed E-state index contributed by atoms with van der Waals surface area (Å²) >= 11 is 0. The van der Waals surface area contributed by atoms with Crippen molar-refractivity contribution in [2.75, 3.05) is 5.32 Å². The van der Waals surface area contributed by atoms with Crippen LogP contribution < -0.4 is 5.32 Å². The third kappa shape index (κ3) is 3.30. The van der Waals surface area contributed by atoms with Gasteiger partial charge in [-0.15, -0.1) is 5.10 Å². The van der Waals surface area contributed by atoms with Crippen molar-refractivity contribution in [3.05, 3.63) is 47.9 Å². The maximum atomic E-state index is 12.5. The molecule has 0 saturated heterocycles. The topological polar surface area (TPSA) is 101 Å². The number of hydrogen-bond donors (Lipinski definition) is 1. The fourth-order valence-electron chi connectivity index (χ4n) is 1.72. The van der Waals surface area contributed by atoms with Crippen molar-refractivity contribution in [1.82, 2.24) is 20.2 Å². The van der Waals surface area contributed by atoms with Crippen LogP contribution in [0.5, 0.6) is 0 Å². The summed E-state index contributed by atoms with van der Waals surface area (Å²) in [6.07, 6.45) is -2.37. The summed E-state index contributed by atoms with van der Waals surface area (Å²) in [4.78, 5) is 7.52. The van der Waals surface area contributed by atoms with Crippen LogP contribution in [0.15, 0.2) is 41.1 Å². The predicted octanol–water partition coefficient (Wildman–Crippen LogP) is 3.16. The third-order valence-electron chi connectivity index (χ3n) is 2.86. The maximum Gasteiger partial charge on any atom is 0.417 e. The number of alkyl halides is 3. The smallest absolute Gasteiger partial charge is 0.401 e. The van der Waals surface area contributed by atoms with Crippen LogP contribution in [0.3, 0.4) is 0 Å². The summed E-state index contributed by atoms with van der Waals surface area (Å²) in [6, 6.07) is 7.00. The van der Waals surface area contributed by atoms with Crippen molar-refractivity contribution in [3.63, 3.8) is 0 Å². The van der Waals surface area contributed by atoms with E-state index in [1.165, 1.54) is 12.3 Å². The van der Waals surface area contributed by atoms with Gasteiger partial charge in [0.2, 0.25) is 0 Å². The van der Waals surface area contributed by atoms with E-state index in [4.69, 9.17) is 9.68 Å². The second kappa shape index (κ2) is 5.96. The molecule has 10 heteroatoms. The fraction of sp³-hybridized carbons (Fsp3) is 0.0714. The molecule has 0 spiro atoms. The molecule has 120 valence electrons. The van der Waals surface area contributed by atoms with Crippen LogP contribution in [0, 0.1) is 11.3 Å². The average molecular weight is 332 g/mol. The zero-order valence-electron chi connectivity index (χ0n) is 11.7. The molecule has 0 unspecified atom stereocenters. The number of pyridine rings is 2. The minimum Gasteiger partial charge on any atom is -0.401 e. The van der Waals surface area contributed by atoms with Crippen molar-refractivity contribution in [2.45, 2.75) is 6.18 Å². The molecule has 0 fully saturated rings. The van der Waals surface area contributed by atoms with Crippen LogP contribution in [-0.4, -0.2) is 20.2 Å². The molecule has 0 radical (unpaired) electrons. The monoisotopic (exact) mass is 332 g/mol. The predicted molar refractivity (Wildman–Crippen MR) is 74.8 cm³/mol. The maximum absolute atomic E-state index is 12.5. The zero-order chi connectivity index (χ0) is 17.2. The molecule has 0 bridgehead atoms. The highest BCUT2D eigenvalue weighted by Crippen LogP contribution is 2.29. The molecular weight excluding hydrogens is 325 g/mol. The lowest BCUT2D eigenvalue weighted by Crippen LogP contribution is -2.05. The summed E-state index contributed by atoms with van der Waals surface area (Å²) in [6.45, 7) is 0. The quantitative estimate of drug-likeness (QED) is 0.786. The Hall–Kier alpha value is -3.48. The summed E-state index contributed by atoms with van der Waals surface area (Å²) in [5.74, 6) is -0.0344.